The van der Waals surface area contributed by atoms with Crippen molar-refractivity contribution < 1.29 is 5.11 Å². The van der Waals surface area contributed by atoms with Gasteiger partial charge in [0.1, 0.15) is 5.75 Å². The SMILES string of the molecule is Cc1cc2c(cc1O)nnc1ccccc12. The quantitative estimate of drug-likeness (QED) is 0.580. The maximum absolute atomic E-state index is 9.62. The fourth-order valence-electron chi connectivity index (χ4n) is 1.88. The summed E-state index contributed by atoms with van der Waals surface area (Å²) in [7, 11) is 0. The van der Waals surface area contributed by atoms with E-state index < -0.39 is 0 Å². The van der Waals surface area contributed by atoms with Crippen LogP contribution >= 0.6 is 0 Å². The van der Waals surface area contributed by atoms with Crippen LogP contribution in [0.4, 0.5) is 0 Å². The Bertz CT molecular complexity index is 692. The van der Waals surface area contributed by atoms with Gasteiger partial charge in [0.2, 0.25) is 0 Å². The molecular formula is C13H10N2O. The number of aromatic hydroxyl groups is 1. The summed E-state index contributed by atoms with van der Waals surface area (Å²) in [6.07, 6.45) is 0. The monoisotopic (exact) mass is 210 g/mol. The zero-order valence-corrected chi connectivity index (χ0v) is 8.81. The highest BCUT2D eigenvalue weighted by Gasteiger charge is 2.05. The molecule has 3 rings (SSSR count). The molecule has 2 aromatic carbocycles. The molecule has 0 aliphatic carbocycles. The average molecular weight is 210 g/mol. The lowest BCUT2D eigenvalue weighted by Crippen LogP contribution is -1.88. The van der Waals surface area contributed by atoms with E-state index in [1.165, 1.54) is 0 Å². The van der Waals surface area contributed by atoms with E-state index in [1.54, 1.807) is 6.07 Å². The van der Waals surface area contributed by atoms with Crippen LogP contribution in [0, 0.1) is 6.92 Å². The molecule has 3 heteroatoms. The number of rotatable bonds is 0. The van der Waals surface area contributed by atoms with Gasteiger partial charge >= 0.3 is 0 Å². The molecule has 0 radical (unpaired) electrons. The Morgan fingerprint density at radius 3 is 2.56 bits per heavy atom. The topological polar surface area (TPSA) is 46.0 Å². The van der Waals surface area contributed by atoms with Crippen molar-refractivity contribution in [1.29, 1.82) is 0 Å². The molecule has 0 spiro atoms. The second-order valence-electron chi connectivity index (χ2n) is 3.87. The molecule has 1 aromatic heterocycles. The van der Waals surface area contributed by atoms with Crippen LogP contribution in [-0.4, -0.2) is 15.3 Å². The first-order chi connectivity index (χ1) is 7.75. The first-order valence-electron chi connectivity index (χ1n) is 5.10. The Morgan fingerprint density at radius 2 is 1.69 bits per heavy atom. The van der Waals surface area contributed by atoms with Crippen molar-refractivity contribution in [2.45, 2.75) is 6.92 Å². The van der Waals surface area contributed by atoms with Crippen molar-refractivity contribution in [3.05, 3.63) is 42.0 Å². The van der Waals surface area contributed by atoms with Gasteiger partial charge in [-0.25, -0.2) is 0 Å². The predicted octanol–water partition coefficient (Wildman–Crippen LogP) is 2.80. The molecule has 0 amide bonds. The highest BCUT2D eigenvalue weighted by molar-refractivity contribution is 6.04. The van der Waals surface area contributed by atoms with Gasteiger partial charge in [-0.3, -0.25) is 0 Å². The molecular weight excluding hydrogens is 200 g/mol. The third-order valence-electron chi connectivity index (χ3n) is 2.77. The predicted molar refractivity (Wildman–Crippen MR) is 63.4 cm³/mol. The van der Waals surface area contributed by atoms with E-state index in [1.807, 2.05) is 37.3 Å². The van der Waals surface area contributed by atoms with Gasteiger partial charge in [0.05, 0.1) is 11.0 Å². The summed E-state index contributed by atoms with van der Waals surface area (Å²) in [5.74, 6) is 0.261. The van der Waals surface area contributed by atoms with Crippen LogP contribution in [0.5, 0.6) is 5.75 Å². The van der Waals surface area contributed by atoms with Gasteiger partial charge in [0, 0.05) is 16.8 Å². The van der Waals surface area contributed by atoms with E-state index in [-0.39, 0.29) is 5.75 Å². The zero-order chi connectivity index (χ0) is 11.1. The first kappa shape index (κ1) is 9.09. The van der Waals surface area contributed by atoms with Crippen molar-refractivity contribution >= 4 is 21.8 Å². The van der Waals surface area contributed by atoms with Crippen molar-refractivity contribution in [3.8, 4) is 5.75 Å². The normalized spacial score (nSPS) is 11.1. The Kier molecular flexibility index (Phi) is 1.80. The molecule has 0 aliphatic heterocycles. The van der Waals surface area contributed by atoms with Gasteiger partial charge in [0.15, 0.2) is 0 Å². The highest BCUT2D eigenvalue weighted by Crippen LogP contribution is 2.27. The van der Waals surface area contributed by atoms with E-state index in [2.05, 4.69) is 10.2 Å². The van der Waals surface area contributed by atoms with Crippen LogP contribution < -0.4 is 0 Å². The molecule has 1 heterocycles. The molecule has 0 atom stereocenters. The number of nitrogens with zero attached hydrogens (tertiary/aromatic N) is 2. The van der Waals surface area contributed by atoms with Gasteiger partial charge in [-0.2, -0.15) is 0 Å². The Labute approximate surface area is 92.4 Å². The van der Waals surface area contributed by atoms with Crippen molar-refractivity contribution in [1.82, 2.24) is 10.2 Å². The summed E-state index contributed by atoms with van der Waals surface area (Å²) >= 11 is 0. The molecule has 0 unspecified atom stereocenters. The van der Waals surface area contributed by atoms with Crippen LogP contribution in [0.1, 0.15) is 5.56 Å². The Morgan fingerprint density at radius 1 is 0.938 bits per heavy atom. The van der Waals surface area contributed by atoms with Gasteiger partial charge in [-0.15, -0.1) is 10.2 Å². The third-order valence-corrected chi connectivity index (χ3v) is 2.77. The van der Waals surface area contributed by atoms with Crippen molar-refractivity contribution in [2.24, 2.45) is 0 Å². The fourth-order valence-corrected chi connectivity index (χ4v) is 1.88. The lowest BCUT2D eigenvalue weighted by molar-refractivity contribution is 0.472. The van der Waals surface area contributed by atoms with E-state index >= 15 is 0 Å². The largest absolute Gasteiger partial charge is 0.508 e. The molecule has 0 bridgehead atoms. The van der Waals surface area contributed by atoms with Gasteiger partial charge in [-0.1, -0.05) is 18.2 Å². The number of phenols is 1. The molecule has 0 fully saturated rings. The minimum Gasteiger partial charge on any atom is -0.508 e. The van der Waals surface area contributed by atoms with Crippen LogP contribution in [-0.2, 0) is 0 Å². The molecule has 3 nitrogen and oxygen atoms in total. The number of phenolic OH excluding ortho intramolecular Hbond substituents is 1. The van der Waals surface area contributed by atoms with Crippen molar-refractivity contribution in [3.63, 3.8) is 0 Å². The Balaban J connectivity index is 2.55. The second kappa shape index (κ2) is 3.17. The van der Waals surface area contributed by atoms with Crippen molar-refractivity contribution in [2.75, 3.05) is 0 Å². The number of benzene rings is 2. The summed E-state index contributed by atoms with van der Waals surface area (Å²) in [6.45, 7) is 1.88. The summed E-state index contributed by atoms with van der Waals surface area (Å²) in [5.41, 5.74) is 2.45. The van der Waals surface area contributed by atoms with E-state index in [0.29, 0.717) is 0 Å². The lowest BCUT2D eigenvalue weighted by Gasteiger charge is -2.04. The summed E-state index contributed by atoms with van der Waals surface area (Å²) in [4.78, 5) is 0. The van der Waals surface area contributed by atoms with E-state index in [0.717, 1.165) is 27.4 Å². The molecule has 78 valence electrons. The van der Waals surface area contributed by atoms with Gasteiger partial charge in [0.25, 0.3) is 0 Å². The maximum Gasteiger partial charge on any atom is 0.120 e. The molecule has 0 aliphatic rings. The molecule has 1 N–H and O–H groups in total. The minimum atomic E-state index is 0.261. The highest BCUT2D eigenvalue weighted by atomic mass is 16.3. The van der Waals surface area contributed by atoms with E-state index in [9.17, 15) is 5.11 Å². The number of aryl methyl sites for hydroxylation is 1. The number of hydrogen-bond acceptors (Lipinski definition) is 3. The van der Waals surface area contributed by atoms with Gasteiger partial charge in [-0.05, 0) is 24.6 Å². The molecule has 0 saturated carbocycles. The summed E-state index contributed by atoms with van der Waals surface area (Å²) in [6, 6.07) is 11.5. The van der Waals surface area contributed by atoms with Crippen LogP contribution in [0.2, 0.25) is 0 Å². The smallest absolute Gasteiger partial charge is 0.120 e. The van der Waals surface area contributed by atoms with E-state index in [4.69, 9.17) is 0 Å². The fraction of sp³-hybridized carbons (Fsp3) is 0.0769. The molecule has 16 heavy (non-hydrogen) atoms. The number of hydrogen-bond donors (Lipinski definition) is 1. The van der Waals surface area contributed by atoms with Crippen LogP contribution in [0.25, 0.3) is 21.8 Å². The summed E-state index contributed by atoms with van der Waals surface area (Å²) < 4.78 is 0. The molecule has 0 saturated heterocycles. The number of aromatic nitrogens is 2. The van der Waals surface area contributed by atoms with Crippen LogP contribution in [0.15, 0.2) is 36.4 Å². The lowest BCUT2D eigenvalue weighted by atomic mass is 10.1. The minimum absolute atomic E-state index is 0.261. The van der Waals surface area contributed by atoms with Crippen LogP contribution in [0.3, 0.4) is 0 Å². The Hall–Kier alpha value is -2.16. The zero-order valence-electron chi connectivity index (χ0n) is 8.81. The molecule has 3 aromatic rings. The third kappa shape index (κ3) is 1.21. The maximum atomic E-state index is 9.62. The standard InChI is InChI=1S/C13H10N2O/c1-8-6-10-9-4-2-3-5-11(9)14-15-12(10)7-13(8)16/h2-7,16H,1H3. The summed E-state index contributed by atoms with van der Waals surface area (Å²) in [5, 5.41) is 19.9. The first-order valence-corrected chi connectivity index (χ1v) is 5.10. The van der Waals surface area contributed by atoms with Gasteiger partial charge < -0.3 is 5.11 Å². The second-order valence-corrected chi connectivity index (χ2v) is 3.87. The average Bonchev–Trinajstić information content (AvgIpc) is 2.31. The number of fused-ring (bicyclic) bond motifs is 3.